The number of benzene rings is 1. The van der Waals surface area contributed by atoms with Crippen molar-refractivity contribution < 1.29 is 0 Å². The summed E-state index contributed by atoms with van der Waals surface area (Å²) in [5.74, 6) is 0. The van der Waals surface area contributed by atoms with Gasteiger partial charge in [0.1, 0.15) is 0 Å². The van der Waals surface area contributed by atoms with Crippen molar-refractivity contribution in [3.63, 3.8) is 0 Å². The summed E-state index contributed by atoms with van der Waals surface area (Å²) in [7, 11) is 0. The van der Waals surface area contributed by atoms with Gasteiger partial charge in [-0.2, -0.15) is 0 Å². The summed E-state index contributed by atoms with van der Waals surface area (Å²) in [5.41, 5.74) is 4.16. The van der Waals surface area contributed by atoms with Gasteiger partial charge in [-0.1, -0.05) is 30.3 Å². The standard InChI is InChI=1S/C17H20N2/c1-14-9-10-18-12-16(14)17-8-5-11-19(17)13-15-6-3-2-4-7-15/h2-4,6-7,9-10,12,17H,5,8,11,13H2,1H3/t17-/m1/s1. The number of hydrogen-bond donors (Lipinski definition) is 0. The average Bonchev–Trinajstić information content (AvgIpc) is 2.88. The van der Waals surface area contributed by atoms with E-state index in [2.05, 4.69) is 53.2 Å². The molecular formula is C17H20N2. The molecule has 1 aromatic heterocycles. The fourth-order valence-electron chi connectivity index (χ4n) is 3.01. The smallest absolute Gasteiger partial charge is 0.0370 e. The number of hydrogen-bond acceptors (Lipinski definition) is 2. The molecule has 0 spiro atoms. The van der Waals surface area contributed by atoms with E-state index in [9.17, 15) is 0 Å². The molecule has 19 heavy (non-hydrogen) atoms. The van der Waals surface area contributed by atoms with Crippen molar-refractivity contribution in [1.82, 2.24) is 9.88 Å². The van der Waals surface area contributed by atoms with Gasteiger partial charge >= 0.3 is 0 Å². The van der Waals surface area contributed by atoms with Gasteiger partial charge in [0.25, 0.3) is 0 Å². The Morgan fingerprint density at radius 2 is 2.05 bits per heavy atom. The van der Waals surface area contributed by atoms with E-state index in [0.717, 1.165) is 6.54 Å². The SMILES string of the molecule is Cc1ccncc1[C@H]1CCCN1Cc1ccccc1. The Hall–Kier alpha value is -1.67. The molecule has 0 N–H and O–H groups in total. The van der Waals surface area contributed by atoms with Gasteiger partial charge < -0.3 is 0 Å². The van der Waals surface area contributed by atoms with E-state index >= 15 is 0 Å². The van der Waals surface area contributed by atoms with Crippen molar-refractivity contribution in [3.05, 3.63) is 65.5 Å². The van der Waals surface area contributed by atoms with Crippen LogP contribution in [0.5, 0.6) is 0 Å². The fraction of sp³-hybridized carbons (Fsp3) is 0.353. The molecule has 2 heterocycles. The van der Waals surface area contributed by atoms with Crippen LogP contribution in [-0.2, 0) is 6.54 Å². The third-order valence-electron chi connectivity index (χ3n) is 4.03. The molecule has 0 aliphatic carbocycles. The van der Waals surface area contributed by atoms with E-state index < -0.39 is 0 Å². The highest BCUT2D eigenvalue weighted by atomic mass is 15.2. The quantitative estimate of drug-likeness (QED) is 0.827. The van der Waals surface area contributed by atoms with Crippen molar-refractivity contribution in [2.24, 2.45) is 0 Å². The second-order valence-corrected chi connectivity index (χ2v) is 5.35. The lowest BCUT2D eigenvalue weighted by atomic mass is 10.0. The number of aromatic nitrogens is 1. The third kappa shape index (κ3) is 2.69. The molecule has 1 aliphatic rings. The second-order valence-electron chi connectivity index (χ2n) is 5.35. The molecule has 0 unspecified atom stereocenters. The molecule has 2 heteroatoms. The fourth-order valence-corrected chi connectivity index (χ4v) is 3.01. The van der Waals surface area contributed by atoms with Crippen LogP contribution in [0.3, 0.4) is 0 Å². The van der Waals surface area contributed by atoms with E-state index in [0.29, 0.717) is 6.04 Å². The Kier molecular flexibility index (Phi) is 3.60. The summed E-state index contributed by atoms with van der Waals surface area (Å²) in [6.45, 7) is 4.42. The first-order valence-electron chi connectivity index (χ1n) is 7.03. The van der Waals surface area contributed by atoms with Crippen molar-refractivity contribution in [3.8, 4) is 0 Å². The van der Waals surface area contributed by atoms with Crippen molar-refractivity contribution in [2.75, 3.05) is 6.54 Å². The van der Waals surface area contributed by atoms with E-state index in [1.54, 1.807) is 0 Å². The van der Waals surface area contributed by atoms with E-state index in [-0.39, 0.29) is 0 Å². The molecule has 2 aromatic rings. The van der Waals surface area contributed by atoms with Gasteiger partial charge in [-0.05, 0) is 49.1 Å². The monoisotopic (exact) mass is 252 g/mol. The number of pyridine rings is 1. The molecule has 0 radical (unpaired) electrons. The summed E-state index contributed by atoms with van der Waals surface area (Å²) in [4.78, 5) is 6.89. The number of likely N-dealkylation sites (tertiary alicyclic amines) is 1. The van der Waals surface area contributed by atoms with Gasteiger partial charge in [0, 0.05) is 25.0 Å². The Labute approximate surface area is 115 Å². The van der Waals surface area contributed by atoms with Crippen molar-refractivity contribution in [1.29, 1.82) is 0 Å². The summed E-state index contributed by atoms with van der Waals surface area (Å²) < 4.78 is 0. The Morgan fingerprint density at radius 3 is 2.84 bits per heavy atom. The van der Waals surface area contributed by atoms with Gasteiger partial charge in [-0.15, -0.1) is 0 Å². The molecular weight excluding hydrogens is 232 g/mol. The summed E-state index contributed by atoms with van der Waals surface area (Å²) in [5, 5.41) is 0. The first kappa shape index (κ1) is 12.4. The molecule has 0 saturated carbocycles. The van der Waals surface area contributed by atoms with Gasteiger partial charge in [-0.3, -0.25) is 9.88 Å². The highest BCUT2D eigenvalue weighted by Crippen LogP contribution is 2.34. The van der Waals surface area contributed by atoms with Crippen LogP contribution < -0.4 is 0 Å². The van der Waals surface area contributed by atoms with Crippen LogP contribution in [0.15, 0.2) is 48.8 Å². The van der Waals surface area contributed by atoms with Crippen molar-refractivity contribution >= 4 is 0 Å². The highest BCUT2D eigenvalue weighted by molar-refractivity contribution is 5.26. The van der Waals surface area contributed by atoms with Crippen LogP contribution in [0.25, 0.3) is 0 Å². The normalized spacial score (nSPS) is 19.7. The van der Waals surface area contributed by atoms with Crippen LogP contribution in [0.1, 0.15) is 35.6 Å². The molecule has 1 aliphatic heterocycles. The summed E-state index contributed by atoms with van der Waals surface area (Å²) in [6.07, 6.45) is 6.46. The van der Waals surface area contributed by atoms with Crippen LogP contribution in [-0.4, -0.2) is 16.4 Å². The lowest BCUT2D eigenvalue weighted by Gasteiger charge is -2.25. The molecule has 1 fully saturated rings. The van der Waals surface area contributed by atoms with E-state index in [1.807, 2.05) is 12.4 Å². The van der Waals surface area contributed by atoms with E-state index in [4.69, 9.17) is 0 Å². The van der Waals surface area contributed by atoms with Crippen molar-refractivity contribution in [2.45, 2.75) is 32.4 Å². The molecule has 0 amide bonds. The number of aryl methyl sites for hydroxylation is 1. The van der Waals surface area contributed by atoms with Crippen LogP contribution in [0.4, 0.5) is 0 Å². The molecule has 1 atom stereocenters. The summed E-state index contributed by atoms with van der Waals surface area (Å²) >= 11 is 0. The Balaban J connectivity index is 1.81. The van der Waals surface area contributed by atoms with Crippen LogP contribution in [0.2, 0.25) is 0 Å². The molecule has 0 bridgehead atoms. The maximum absolute atomic E-state index is 4.30. The van der Waals surface area contributed by atoms with Gasteiger partial charge in [0.15, 0.2) is 0 Å². The Morgan fingerprint density at radius 1 is 1.21 bits per heavy atom. The second kappa shape index (κ2) is 5.54. The Bertz CT molecular complexity index is 536. The zero-order valence-electron chi connectivity index (χ0n) is 11.4. The van der Waals surface area contributed by atoms with Gasteiger partial charge in [0.05, 0.1) is 0 Å². The zero-order valence-corrected chi connectivity index (χ0v) is 11.4. The molecule has 2 nitrogen and oxygen atoms in total. The first-order valence-corrected chi connectivity index (χ1v) is 7.03. The maximum Gasteiger partial charge on any atom is 0.0370 e. The first-order chi connectivity index (χ1) is 9.34. The average molecular weight is 252 g/mol. The minimum absolute atomic E-state index is 0.536. The van der Waals surface area contributed by atoms with Gasteiger partial charge in [0.2, 0.25) is 0 Å². The third-order valence-corrected chi connectivity index (χ3v) is 4.03. The topological polar surface area (TPSA) is 16.1 Å². The highest BCUT2D eigenvalue weighted by Gasteiger charge is 2.26. The number of rotatable bonds is 3. The minimum atomic E-state index is 0.536. The lowest BCUT2D eigenvalue weighted by molar-refractivity contribution is 0.247. The minimum Gasteiger partial charge on any atom is -0.292 e. The lowest BCUT2D eigenvalue weighted by Crippen LogP contribution is -2.23. The predicted molar refractivity (Wildman–Crippen MR) is 77.8 cm³/mol. The molecule has 1 saturated heterocycles. The van der Waals surface area contributed by atoms with Crippen LogP contribution in [0, 0.1) is 6.92 Å². The molecule has 1 aromatic carbocycles. The largest absolute Gasteiger partial charge is 0.292 e. The zero-order chi connectivity index (χ0) is 13.1. The van der Waals surface area contributed by atoms with E-state index in [1.165, 1.54) is 36.1 Å². The predicted octanol–water partition coefficient (Wildman–Crippen LogP) is 3.73. The maximum atomic E-state index is 4.30. The molecule has 3 rings (SSSR count). The molecule has 98 valence electrons. The van der Waals surface area contributed by atoms with Crippen LogP contribution >= 0.6 is 0 Å². The van der Waals surface area contributed by atoms with Gasteiger partial charge in [-0.25, -0.2) is 0 Å². The number of nitrogens with zero attached hydrogens (tertiary/aromatic N) is 2. The summed E-state index contributed by atoms with van der Waals surface area (Å²) in [6, 6.07) is 13.4.